The second-order valence-corrected chi connectivity index (χ2v) is 3.18. The highest BCUT2D eigenvalue weighted by atomic mass is 15.2. The molecule has 1 aliphatic rings. The van der Waals surface area contributed by atoms with Gasteiger partial charge in [-0.1, -0.05) is 0 Å². The van der Waals surface area contributed by atoms with Crippen LogP contribution in [0.3, 0.4) is 0 Å². The SMILES string of the molecule is N#CCc1n[nH]c(CC2CC2)n1. The Labute approximate surface area is 70.6 Å². The van der Waals surface area contributed by atoms with E-state index in [-0.39, 0.29) is 0 Å². The van der Waals surface area contributed by atoms with E-state index >= 15 is 0 Å². The lowest BCUT2D eigenvalue weighted by atomic mass is 10.3. The number of hydrogen-bond acceptors (Lipinski definition) is 3. The van der Waals surface area contributed by atoms with E-state index in [1.165, 1.54) is 12.8 Å². The van der Waals surface area contributed by atoms with Gasteiger partial charge in [-0.15, -0.1) is 0 Å². The third kappa shape index (κ3) is 1.62. The van der Waals surface area contributed by atoms with Crippen molar-refractivity contribution in [1.82, 2.24) is 15.2 Å². The van der Waals surface area contributed by atoms with Crippen LogP contribution in [0.2, 0.25) is 0 Å². The zero-order chi connectivity index (χ0) is 8.39. The molecule has 0 amide bonds. The van der Waals surface area contributed by atoms with E-state index in [4.69, 9.17) is 5.26 Å². The van der Waals surface area contributed by atoms with Crippen molar-refractivity contribution in [2.24, 2.45) is 5.92 Å². The second kappa shape index (κ2) is 2.94. The Balaban J connectivity index is 1.98. The standard InChI is InChI=1S/C8H10N4/c9-4-3-7-10-8(12-11-7)5-6-1-2-6/h6H,1-3,5H2,(H,10,11,12). The van der Waals surface area contributed by atoms with Gasteiger partial charge in [-0.2, -0.15) is 10.4 Å². The van der Waals surface area contributed by atoms with E-state index in [1.807, 2.05) is 6.07 Å². The maximum Gasteiger partial charge on any atom is 0.164 e. The summed E-state index contributed by atoms with van der Waals surface area (Å²) in [5.41, 5.74) is 0. The van der Waals surface area contributed by atoms with Crippen molar-refractivity contribution < 1.29 is 0 Å². The van der Waals surface area contributed by atoms with Crippen LogP contribution < -0.4 is 0 Å². The minimum atomic E-state index is 0.307. The van der Waals surface area contributed by atoms with E-state index in [1.54, 1.807) is 0 Å². The second-order valence-electron chi connectivity index (χ2n) is 3.18. The number of aromatic nitrogens is 3. The molecule has 0 aliphatic heterocycles. The fourth-order valence-electron chi connectivity index (χ4n) is 1.17. The Kier molecular flexibility index (Phi) is 1.78. The average Bonchev–Trinajstić information content (AvgIpc) is 2.74. The molecule has 0 bridgehead atoms. The number of nitrogens with one attached hydrogen (secondary N) is 1. The molecule has 1 fully saturated rings. The summed E-state index contributed by atoms with van der Waals surface area (Å²) in [4.78, 5) is 4.19. The van der Waals surface area contributed by atoms with Gasteiger partial charge in [-0.3, -0.25) is 5.10 Å². The van der Waals surface area contributed by atoms with Crippen molar-refractivity contribution in [2.45, 2.75) is 25.7 Å². The van der Waals surface area contributed by atoms with Crippen LogP contribution in [0.4, 0.5) is 0 Å². The molecule has 12 heavy (non-hydrogen) atoms. The van der Waals surface area contributed by atoms with Crippen LogP contribution in [-0.2, 0) is 12.8 Å². The third-order valence-corrected chi connectivity index (χ3v) is 1.99. The molecule has 0 saturated heterocycles. The Morgan fingerprint density at radius 3 is 3.08 bits per heavy atom. The molecule has 2 rings (SSSR count). The smallest absolute Gasteiger partial charge is 0.164 e. The first kappa shape index (κ1) is 7.29. The molecule has 0 unspecified atom stereocenters. The molecule has 1 aromatic heterocycles. The molecule has 1 aromatic rings. The summed E-state index contributed by atoms with van der Waals surface area (Å²) in [5.74, 6) is 2.36. The van der Waals surface area contributed by atoms with Gasteiger partial charge < -0.3 is 0 Å². The van der Waals surface area contributed by atoms with Crippen molar-refractivity contribution >= 4 is 0 Å². The highest BCUT2D eigenvalue weighted by Gasteiger charge is 2.22. The lowest BCUT2D eigenvalue weighted by molar-refractivity contribution is 0.774. The van der Waals surface area contributed by atoms with Gasteiger partial charge in [0, 0.05) is 6.42 Å². The van der Waals surface area contributed by atoms with E-state index in [2.05, 4.69) is 15.2 Å². The fraction of sp³-hybridized carbons (Fsp3) is 0.625. The van der Waals surface area contributed by atoms with Crippen LogP contribution in [0, 0.1) is 17.2 Å². The van der Waals surface area contributed by atoms with Gasteiger partial charge >= 0.3 is 0 Å². The Bertz CT molecular complexity index is 305. The minimum Gasteiger partial charge on any atom is -0.263 e. The van der Waals surface area contributed by atoms with Crippen molar-refractivity contribution in [2.75, 3.05) is 0 Å². The first-order chi connectivity index (χ1) is 5.88. The highest BCUT2D eigenvalue weighted by Crippen LogP contribution is 2.31. The van der Waals surface area contributed by atoms with Crippen LogP contribution in [0.1, 0.15) is 24.5 Å². The summed E-state index contributed by atoms with van der Waals surface area (Å²) in [6, 6.07) is 2.02. The predicted molar refractivity (Wildman–Crippen MR) is 42.1 cm³/mol. The molecular weight excluding hydrogens is 152 g/mol. The number of rotatable bonds is 3. The summed E-state index contributed by atoms with van der Waals surface area (Å²) in [5, 5.41) is 15.2. The summed E-state index contributed by atoms with van der Waals surface area (Å²) in [7, 11) is 0. The molecule has 1 N–H and O–H groups in total. The van der Waals surface area contributed by atoms with Crippen molar-refractivity contribution in [3.05, 3.63) is 11.6 Å². The minimum absolute atomic E-state index is 0.307. The number of nitriles is 1. The molecule has 1 saturated carbocycles. The summed E-state index contributed by atoms with van der Waals surface area (Å²) in [6.45, 7) is 0. The zero-order valence-corrected chi connectivity index (χ0v) is 6.75. The Hall–Kier alpha value is -1.37. The Morgan fingerprint density at radius 1 is 1.58 bits per heavy atom. The first-order valence-electron chi connectivity index (χ1n) is 4.15. The van der Waals surface area contributed by atoms with Crippen molar-refractivity contribution in [3.63, 3.8) is 0 Å². The number of nitrogens with zero attached hydrogens (tertiary/aromatic N) is 3. The van der Waals surface area contributed by atoms with Crippen LogP contribution in [0.5, 0.6) is 0 Å². The molecule has 0 spiro atoms. The van der Waals surface area contributed by atoms with Crippen LogP contribution >= 0.6 is 0 Å². The molecule has 0 atom stereocenters. The number of aromatic amines is 1. The molecule has 0 radical (unpaired) electrons. The zero-order valence-electron chi connectivity index (χ0n) is 6.75. The van der Waals surface area contributed by atoms with Gasteiger partial charge in [0.05, 0.1) is 12.5 Å². The number of hydrogen-bond donors (Lipinski definition) is 1. The topological polar surface area (TPSA) is 65.4 Å². The van der Waals surface area contributed by atoms with E-state index in [9.17, 15) is 0 Å². The summed E-state index contributed by atoms with van der Waals surface area (Å²) >= 11 is 0. The summed E-state index contributed by atoms with van der Waals surface area (Å²) in [6.07, 6.45) is 3.93. The van der Waals surface area contributed by atoms with Crippen molar-refractivity contribution in [3.8, 4) is 6.07 Å². The van der Waals surface area contributed by atoms with Crippen LogP contribution in [-0.4, -0.2) is 15.2 Å². The predicted octanol–water partition coefficient (Wildman–Crippen LogP) is 0.823. The van der Waals surface area contributed by atoms with Crippen LogP contribution in [0.25, 0.3) is 0 Å². The van der Waals surface area contributed by atoms with Crippen LogP contribution in [0.15, 0.2) is 0 Å². The fourth-order valence-corrected chi connectivity index (χ4v) is 1.17. The summed E-state index contributed by atoms with van der Waals surface area (Å²) < 4.78 is 0. The lowest BCUT2D eigenvalue weighted by Gasteiger charge is -1.87. The lowest BCUT2D eigenvalue weighted by Crippen LogP contribution is -1.90. The molecule has 4 heteroatoms. The van der Waals surface area contributed by atoms with E-state index < -0.39 is 0 Å². The molecule has 0 aromatic carbocycles. The monoisotopic (exact) mass is 162 g/mol. The first-order valence-corrected chi connectivity index (χ1v) is 4.15. The quantitative estimate of drug-likeness (QED) is 0.715. The van der Waals surface area contributed by atoms with Gasteiger partial charge in [0.1, 0.15) is 5.82 Å². The largest absolute Gasteiger partial charge is 0.263 e. The van der Waals surface area contributed by atoms with Gasteiger partial charge in [0.25, 0.3) is 0 Å². The van der Waals surface area contributed by atoms with Gasteiger partial charge in [0.15, 0.2) is 5.82 Å². The van der Waals surface area contributed by atoms with Gasteiger partial charge in [-0.25, -0.2) is 4.98 Å². The molecule has 1 heterocycles. The molecular formula is C8H10N4. The van der Waals surface area contributed by atoms with E-state index in [0.717, 1.165) is 18.2 Å². The molecule has 1 aliphatic carbocycles. The molecule has 62 valence electrons. The van der Waals surface area contributed by atoms with E-state index in [0.29, 0.717) is 12.2 Å². The Morgan fingerprint density at radius 2 is 2.42 bits per heavy atom. The van der Waals surface area contributed by atoms with Crippen molar-refractivity contribution in [1.29, 1.82) is 5.26 Å². The average molecular weight is 162 g/mol. The van der Waals surface area contributed by atoms with Gasteiger partial charge in [-0.05, 0) is 18.8 Å². The third-order valence-electron chi connectivity index (χ3n) is 1.99. The number of H-pyrrole nitrogens is 1. The molecule has 4 nitrogen and oxygen atoms in total. The van der Waals surface area contributed by atoms with Gasteiger partial charge in [0.2, 0.25) is 0 Å². The maximum atomic E-state index is 8.38. The maximum absolute atomic E-state index is 8.38. The highest BCUT2D eigenvalue weighted by molar-refractivity contribution is 4.98. The normalized spacial score (nSPS) is 15.9.